The minimum Gasteiger partial charge on any atom is -0.439 e. The summed E-state index contributed by atoms with van der Waals surface area (Å²) in [7, 11) is 0. The summed E-state index contributed by atoms with van der Waals surface area (Å²) >= 11 is 0. The smallest absolute Gasteiger partial charge is 0.219 e. The Morgan fingerprint density at radius 3 is 2.44 bits per heavy atom. The number of rotatable bonds is 3. The van der Waals surface area contributed by atoms with Gasteiger partial charge in [-0.15, -0.1) is 0 Å². The quantitative estimate of drug-likeness (QED) is 0.729. The largest absolute Gasteiger partial charge is 0.439 e. The van der Waals surface area contributed by atoms with E-state index >= 15 is 0 Å². The summed E-state index contributed by atoms with van der Waals surface area (Å²) in [5.74, 6) is 1.33. The zero-order chi connectivity index (χ0) is 11.4. The van der Waals surface area contributed by atoms with Crippen LogP contribution in [-0.2, 0) is 0 Å². The van der Waals surface area contributed by atoms with E-state index < -0.39 is 0 Å². The van der Waals surface area contributed by atoms with Crippen molar-refractivity contribution < 1.29 is 4.74 Å². The number of aromatic nitrogens is 1. The molecule has 0 unspecified atom stereocenters. The van der Waals surface area contributed by atoms with Gasteiger partial charge in [-0.05, 0) is 43.5 Å². The average molecular weight is 212 g/mol. The molecule has 1 aromatic carbocycles. The molecule has 0 saturated carbocycles. The highest BCUT2D eigenvalue weighted by molar-refractivity contribution is 5.47. The molecule has 0 aliphatic rings. The SMILES string of the molecule is C=Nc1ccc(Oc2ccc(C)cn2)cc1. The molecule has 0 fully saturated rings. The van der Waals surface area contributed by atoms with Gasteiger partial charge in [0.15, 0.2) is 0 Å². The predicted octanol–water partition coefficient (Wildman–Crippen LogP) is 3.51. The second kappa shape index (κ2) is 4.57. The van der Waals surface area contributed by atoms with Crippen LogP contribution in [0.1, 0.15) is 5.56 Å². The van der Waals surface area contributed by atoms with Gasteiger partial charge in [-0.25, -0.2) is 4.98 Å². The first-order valence-electron chi connectivity index (χ1n) is 4.95. The van der Waals surface area contributed by atoms with Crippen LogP contribution in [0.4, 0.5) is 5.69 Å². The molecule has 0 bridgehead atoms. The first-order chi connectivity index (χ1) is 7.78. The number of pyridine rings is 1. The summed E-state index contributed by atoms with van der Waals surface area (Å²) in [5.41, 5.74) is 1.93. The maximum Gasteiger partial charge on any atom is 0.219 e. The number of aryl methyl sites for hydroxylation is 1. The van der Waals surface area contributed by atoms with Crippen LogP contribution in [0.25, 0.3) is 0 Å². The third-order valence-corrected chi connectivity index (χ3v) is 2.13. The van der Waals surface area contributed by atoms with Crippen molar-refractivity contribution in [2.75, 3.05) is 0 Å². The molecule has 0 atom stereocenters. The Hall–Kier alpha value is -2.16. The number of nitrogens with zero attached hydrogens (tertiary/aromatic N) is 2. The zero-order valence-electron chi connectivity index (χ0n) is 9.05. The summed E-state index contributed by atoms with van der Waals surface area (Å²) in [6, 6.07) is 11.2. The molecule has 0 radical (unpaired) electrons. The van der Waals surface area contributed by atoms with Crippen LogP contribution >= 0.6 is 0 Å². The molecule has 0 saturated heterocycles. The lowest BCUT2D eigenvalue weighted by molar-refractivity contribution is 0.463. The van der Waals surface area contributed by atoms with Gasteiger partial charge >= 0.3 is 0 Å². The van der Waals surface area contributed by atoms with Crippen molar-refractivity contribution in [1.82, 2.24) is 4.98 Å². The summed E-state index contributed by atoms with van der Waals surface area (Å²) < 4.78 is 5.56. The fraction of sp³-hybridized carbons (Fsp3) is 0.0769. The van der Waals surface area contributed by atoms with E-state index in [1.54, 1.807) is 6.20 Å². The van der Waals surface area contributed by atoms with E-state index in [4.69, 9.17) is 4.74 Å². The summed E-state index contributed by atoms with van der Waals surface area (Å²) in [6.45, 7) is 5.44. The van der Waals surface area contributed by atoms with Crippen molar-refractivity contribution in [2.24, 2.45) is 4.99 Å². The van der Waals surface area contributed by atoms with Gasteiger partial charge in [0.25, 0.3) is 0 Å². The molecule has 0 aliphatic carbocycles. The molecule has 0 N–H and O–H groups in total. The van der Waals surface area contributed by atoms with Crippen LogP contribution in [0.5, 0.6) is 11.6 Å². The van der Waals surface area contributed by atoms with Crippen molar-refractivity contribution in [2.45, 2.75) is 6.92 Å². The lowest BCUT2D eigenvalue weighted by atomic mass is 10.3. The molecule has 2 aromatic rings. The standard InChI is InChI=1S/C13H12N2O/c1-10-3-8-13(15-9-10)16-12-6-4-11(14-2)5-7-12/h3-9H,2H2,1H3. The molecule has 0 spiro atoms. The molecule has 0 amide bonds. The summed E-state index contributed by atoms with van der Waals surface area (Å²) in [6.07, 6.45) is 1.77. The Kier molecular flexibility index (Phi) is 2.96. The maximum absolute atomic E-state index is 5.56. The van der Waals surface area contributed by atoms with Gasteiger partial charge in [-0.2, -0.15) is 0 Å². The van der Waals surface area contributed by atoms with Crippen LogP contribution < -0.4 is 4.74 Å². The van der Waals surface area contributed by atoms with E-state index in [9.17, 15) is 0 Å². The first-order valence-corrected chi connectivity index (χ1v) is 4.95. The fourth-order valence-corrected chi connectivity index (χ4v) is 1.25. The van der Waals surface area contributed by atoms with Crippen LogP contribution in [0, 0.1) is 6.92 Å². The molecule has 0 aliphatic heterocycles. The van der Waals surface area contributed by atoms with Crippen molar-refractivity contribution in [3.05, 3.63) is 48.2 Å². The number of benzene rings is 1. The third kappa shape index (κ3) is 2.45. The Morgan fingerprint density at radius 2 is 1.88 bits per heavy atom. The maximum atomic E-state index is 5.56. The molecular weight excluding hydrogens is 200 g/mol. The van der Waals surface area contributed by atoms with Crippen LogP contribution in [0.2, 0.25) is 0 Å². The molecule has 80 valence electrons. The Bertz CT molecular complexity index is 474. The molecular formula is C13H12N2O. The first kappa shape index (κ1) is 10.4. The fourth-order valence-electron chi connectivity index (χ4n) is 1.25. The van der Waals surface area contributed by atoms with Gasteiger partial charge in [0.05, 0.1) is 5.69 Å². The van der Waals surface area contributed by atoms with E-state index in [1.807, 2.05) is 43.3 Å². The van der Waals surface area contributed by atoms with Crippen molar-refractivity contribution in [3.8, 4) is 11.6 Å². The molecule has 1 heterocycles. The van der Waals surface area contributed by atoms with Crippen LogP contribution in [-0.4, -0.2) is 11.7 Å². The summed E-state index contributed by atoms with van der Waals surface area (Å²) in [5, 5.41) is 0. The molecule has 1 aromatic heterocycles. The highest BCUT2D eigenvalue weighted by Gasteiger charge is 1.97. The van der Waals surface area contributed by atoms with Crippen molar-refractivity contribution in [1.29, 1.82) is 0 Å². The normalized spacial score (nSPS) is 9.81. The average Bonchev–Trinajstić information content (AvgIpc) is 2.33. The predicted molar refractivity (Wildman–Crippen MR) is 64.7 cm³/mol. The van der Waals surface area contributed by atoms with Crippen LogP contribution in [0.3, 0.4) is 0 Å². The molecule has 3 heteroatoms. The highest BCUT2D eigenvalue weighted by atomic mass is 16.5. The number of aliphatic imine (C=N–C) groups is 1. The number of ether oxygens (including phenoxy) is 1. The minimum atomic E-state index is 0.588. The second-order valence-corrected chi connectivity index (χ2v) is 3.43. The number of hydrogen-bond acceptors (Lipinski definition) is 3. The molecule has 2 rings (SSSR count). The van der Waals surface area contributed by atoms with Crippen molar-refractivity contribution >= 4 is 12.4 Å². The third-order valence-electron chi connectivity index (χ3n) is 2.13. The second-order valence-electron chi connectivity index (χ2n) is 3.43. The molecule has 3 nitrogen and oxygen atoms in total. The van der Waals surface area contributed by atoms with Gasteiger partial charge in [-0.3, -0.25) is 4.99 Å². The Morgan fingerprint density at radius 1 is 1.12 bits per heavy atom. The van der Waals surface area contributed by atoms with Gasteiger partial charge < -0.3 is 4.74 Å². The lowest BCUT2D eigenvalue weighted by Gasteiger charge is -2.04. The van der Waals surface area contributed by atoms with Crippen LogP contribution in [0.15, 0.2) is 47.6 Å². The molecule has 16 heavy (non-hydrogen) atoms. The van der Waals surface area contributed by atoms with Gasteiger partial charge in [0.2, 0.25) is 5.88 Å². The van der Waals surface area contributed by atoms with E-state index in [2.05, 4.69) is 16.7 Å². The Balaban J connectivity index is 2.14. The minimum absolute atomic E-state index is 0.588. The van der Waals surface area contributed by atoms with Gasteiger partial charge in [0, 0.05) is 12.3 Å². The van der Waals surface area contributed by atoms with Gasteiger partial charge in [-0.1, -0.05) is 6.07 Å². The number of hydrogen-bond donors (Lipinski definition) is 0. The van der Waals surface area contributed by atoms with E-state index in [0.717, 1.165) is 17.0 Å². The monoisotopic (exact) mass is 212 g/mol. The highest BCUT2D eigenvalue weighted by Crippen LogP contribution is 2.22. The summed E-state index contributed by atoms with van der Waals surface area (Å²) in [4.78, 5) is 7.97. The lowest BCUT2D eigenvalue weighted by Crippen LogP contribution is -1.87. The van der Waals surface area contributed by atoms with Crippen molar-refractivity contribution in [3.63, 3.8) is 0 Å². The van der Waals surface area contributed by atoms with Gasteiger partial charge in [0.1, 0.15) is 5.75 Å². The Labute approximate surface area is 94.4 Å². The van der Waals surface area contributed by atoms with E-state index in [1.165, 1.54) is 0 Å². The van der Waals surface area contributed by atoms with E-state index in [-0.39, 0.29) is 0 Å². The topological polar surface area (TPSA) is 34.5 Å². The zero-order valence-corrected chi connectivity index (χ0v) is 9.05. The van der Waals surface area contributed by atoms with E-state index in [0.29, 0.717) is 5.88 Å².